The van der Waals surface area contributed by atoms with Crippen LogP contribution in [0.15, 0.2) is 53.4 Å². The Balaban J connectivity index is 2.01. The highest BCUT2D eigenvalue weighted by Crippen LogP contribution is 2.12. The number of hydrogen-bond donors (Lipinski definition) is 1. The summed E-state index contributed by atoms with van der Waals surface area (Å²) in [5, 5.41) is 8.73. The molecule has 1 N–H and O–H groups in total. The number of ether oxygens (including phenoxy) is 1. The molecular weight excluding hydrogens is 328 g/mol. The molecule has 0 aliphatic heterocycles. The van der Waals surface area contributed by atoms with Gasteiger partial charge in [-0.1, -0.05) is 19.1 Å². The molecule has 0 amide bonds. The zero-order valence-corrected chi connectivity index (χ0v) is 13.8. The highest BCUT2D eigenvalue weighted by molar-refractivity contribution is 7.89. The molecule has 0 unspecified atom stereocenters. The first kappa shape index (κ1) is 17.7. The van der Waals surface area contributed by atoms with Crippen molar-refractivity contribution in [3.63, 3.8) is 0 Å². The Bertz CT molecular complexity index is 851. The van der Waals surface area contributed by atoms with Crippen molar-refractivity contribution in [3.05, 3.63) is 65.2 Å². The van der Waals surface area contributed by atoms with Gasteiger partial charge in [-0.15, -0.1) is 0 Å². The highest BCUT2D eigenvalue weighted by Gasteiger charge is 2.14. The summed E-state index contributed by atoms with van der Waals surface area (Å²) in [4.78, 5) is 12.1. The van der Waals surface area contributed by atoms with Crippen LogP contribution < -0.4 is 4.72 Å². The number of carbonyl (C=O) groups excluding carboxylic acids is 1. The first-order chi connectivity index (χ1) is 11.5. The summed E-state index contributed by atoms with van der Waals surface area (Å²) in [6.45, 7) is 2.05. The molecule has 2 rings (SSSR count). The Hall–Kier alpha value is -2.69. The van der Waals surface area contributed by atoms with E-state index < -0.39 is 16.0 Å². The van der Waals surface area contributed by atoms with Gasteiger partial charge in [-0.3, -0.25) is 0 Å². The maximum absolute atomic E-state index is 12.0. The van der Waals surface area contributed by atoms with Crippen LogP contribution in [-0.2, 0) is 21.4 Å². The summed E-state index contributed by atoms with van der Waals surface area (Å²) >= 11 is 0. The zero-order chi connectivity index (χ0) is 17.6. The standard InChI is InChI=1S/C17H16N2O4S/c1-2-19-24(21,22)16-9-7-15(8-10-16)17(20)23-12-14-5-3-13(11-18)4-6-14/h3-10,19H,2,12H2,1H3. The Morgan fingerprint density at radius 3 is 2.29 bits per heavy atom. The molecule has 0 aliphatic rings. The molecule has 7 heteroatoms. The predicted octanol–water partition coefficient (Wildman–Crippen LogP) is 2.21. The van der Waals surface area contributed by atoms with Crippen molar-refractivity contribution in [2.75, 3.05) is 6.54 Å². The van der Waals surface area contributed by atoms with E-state index in [1.807, 2.05) is 6.07 Å². The number of rotatable bonds is 6. The monoisotopic (exact) mass is 344 g/mol. The number of sulfonamides is 1. The molecule has 0 fully saturated rings. The van der Waals surface area contributed by atoms with Crippen LogP contribution in [0.25, 0.3) is 0 Å². The molecule has 24 heavy (non-hydrogen) atoms. The largest absolute Gasteiger partial charge is 0.457 e. The molecule has 0 bridgehead atoms. The van der Waals surface area contributed by atoms with E-state index in [1.54, 1.807) is 31.2 Å². The minimum absolute atomic E-state index is 0.0714. The number of benzene rings is 2. The first-order valence-corrected chi connectivity index (χ1v) is 8.70. The van der Waals surface area contributed by atoms with Crippen LogP contribution in [0.1, 0.15) is 28.4 Å². The maximum atomic E-state index is 12.0. The minimum atomic E-state index is -3.54. The fourth-order valence-electron chi connectivity index (χ4n) is 1.95. The lowest BCUT2D eigenvalue weighted by Gasteiger charge is -2.07. The molecule has 0 spiro atoms. The van der Waals surface area contributed by atoms with Crippen LogP contribution in [0.4, 0.5) is 0 Å². The van der Waals surface area contributed by atoms with Crippen molar-refractivity contribution >= 4 is 16.0 Å². The average Bonchev–Trinajstić information content (AvgIpc) is 2.60. The molecule has 0 saturated heterocycles. The molecule has 0 aromatic heterocycles. The van der Waals surface area contributed by atoms with Gasteiger partial charge in [0, 0.05) is 6.54 Å². The molecule has 2 aromatic rings. The number of esters is 1. The predicted molar refractivity (Wildman–Crippen MR) is 87.6 cm³/mol. The van der Waals surface area contributed by atoms with Gasteiger partial charge in [-0.2, -0.15) is 5.26 Å². The molecule has 0 saturated carbocycles. The summed E-state index contributed by atoms with van der Waals surface area (Å²) in [5.41, 5.74) is 1.55. The van der Waals surface area contributed by atoms with Crippen molar-refractivity contribution in [2.45, 2.75) is 18.4 Å². The van der Waals surface area contributed by atoms with E-state index in [0.29, 0.717) is 5.56 Å². The van der Waals surface area contributed by atoms with E-state index in [4.69, 9.17) is 10.00 Å². The lowest BCUT2D eigenvalue weighted by molar-refractivity contribution is 0.0472. The van der Waals surface area contributed by atoms with Crippen LogP contribution in [0.3, 0.4) is 0 Å². The third-order valence-corrected chi connectivity index (χ3v) is 4.75. The van der Waals surface area contributed by atoms with E-state index in [1.165, 1.54) is 24.3 Å². The van der Waals surface area contributed by atoms with Gasteiger partial charge in [-0.05, 0) is 42.0 Å². The summed E-state index contributed by atoms with van der Waals surface area (Å²) in [6, 6.07) is 14.2. The quantitative estimate of drug-likeness (QED) is 0.811. The van der Waals surface area contributed by atoms with Crippen molar-refractivity contribution < 1.29 is 17.9 Å². The summed E-state index contributed by atoms with van der Waals surface area (Å²) in [5.74, 6) is -0.549. The van der Waals surface area contributed by atoms with E-state index in [9.17, 15) is 13.2 Å². The third kappa shape index (κ3) is 4.41. The Morgan fingerprint density at radius 2 is 1.75 bits per heavy atom. The van der Waals surface area contributed by atoms with Gasteiger partial charge in [-0.25, -0.2) is 17.9 Å². The Kier molecular flexibility index (Phi) is 5.68. The molecule has 0 heterocycles. The fourth-order valence-corrected chi connectivity index (χ4v) is 2.99. The molecule has 0 aliphatic carbocycles. The zero-order valence-electron chi connectivity index (χ0n) is 13.0. The van der Waals surface area contributed by atoms with Gasteiger partial charge >= 0.3 is 5.97 Å². The van der Waals surface area contributed by atoms with Gasteiger partial charge in [0.05, 0.1) is 22.1 Å². The summed E-state index contributed by atoms with van der Waals surface area (Å²) in [6.07, 6.45) is 0. The van der Waals surface area contributed by atoms with E-state index in [2.05, 4.69) is 4.72 Å². The van der Waals surface area contributed by atoms with Crippen molar-refractivity contribution in [1.82, 2.24) is 4.72 Å². The number of carbonyl (C=O) groups is 1. The summed E-state index contributed by atoms with van der Waals surface area (Å²) in [7, 11) is -3.54. The molecule has 2 aromatic carbocycles. The van der Waals surface area contributed by atoms with Gasteiger partial charge in [0.1, 0.15) is 6.61 Å². The second-order valence-corrected chi connectivity index (χ2v) is 6.68. The number of hydrogen-bond acceptors (Lipinski definition) is 5. The fraction of sp³-hybridized carbons (Fsp3) is 0.176. The molecule has 0 atom stereocenters. The Labute approximate surface area is 140 Å². The highest BCUT2D eigenvalue weighted by atomic mass is 32.2. The third-order valence-electron chi connectivity index (χ3n) is 3.19. The number of nitrogens with zero attached hydrogens (tertiary/aromatic N) is 1. The van der Waals surface area contributed by atoms with Gasteiger partial charge in [0.25, 0.3) is 0 Å². The van der Waals surface area contributed by atoms with Gasteiger partial charge < -0.3 is 4.74 Å². The number of nitriles is 1. The smallest absolute Gasteiger partial charge is 0.338 e. The topological polar surface area (TPSA) is 96.3 Å². The van der Waals surface area contributed by atoms with Crippen LogP contribution in [0.2, 0.25) is 0 Å². The molecule has 6 nitrogen and oxygen atoms in total. The second-order valence-electron chi connectivity index (χ2n) is 4.91. The van der Waals surface area contributed by atoms with Gasteiger partial charge in [0.15, 0.2) is 0 Å². The average molecular weight is 344 g/mol. The molecule has 0 radical (unpaired) electrons. The summed E-state index contributed by atoms with van der Waals surface area (Å²) < 4.78 is 31.2. The van der Waals surface area contributed by atoms with Crippen LogP contribution in [0.5, 0.6) is 0 Å². The lowest BCUT2D eigenvalue weighted by Crippen LogP contribution is -2.23. The maximum Gasteiger partial charge on any atom is 0.338 e. The molecule has 124 valence electrons. The van der Waals surface area contributed by atoms with Crippen LogP contribution in [-0.4, -0.2) is 20.9 Å². The lowest BCUT2D eigenvalue weighted by atomic mass is 10.1. The normalized spacial score (nSPS) is 10.8. The second kappa shape index (κ2) is 7.73. The van der Waals surface area contributed by atoms with Crippen molar-refractivity contribution in [2.24, 2.45) is 0 Å². The van der Waals surface area contributed by atoms with E-state index in [0.717, 1.165) is 5.56 Å². The van der Waals surface area contributed by atoms with E-state index >= 15 is 0 Å². The van der Waals surface area contributed by atoms with E-state index in [-0.39, 0.29) is 23.6 Å². The molecular formula is C17H16N2O4S. The minimum Gasteiger partial charge on any atom is -0.457 e. The first-order valence-electron chi connectivity index (χ1n) is 7.22. The number of nitrogens with one attached hydrogen (secondary N) is 1. The van der Waals surface area contributed by atoms with Crippen molar-refractivity contribution in [3.8, 4) is 6.07 Å². The van der Waals surface area contributed by atoms with Crippen LogP contribution >= 0.6 is 0 Å². The SMILES string of the molecule is CCNS(=O)(=O)c1ccc(C(=O)OCc2ccc(C#N)cc2)cc1. The van der Waals surface area contributed by atoms with Crippen LogP contribution in [0, 0.1) is 11.3 Å². The van der Waals surface area contributed by atoms with Gasteiger partial charge in [0.2, 0.25) is 10.0 Å². The van der Waals surface area contributed by atoms with Crippen molar-refractivity contribution in [1.29, 1.82) is 5.26 Å². The Morgan fingerprint density at radius 1 is 1.12 bits per heavy atom.